The maximum Gasteiger partial charge on any atom is 0.269 e. The van der Waals surface area contributed by atoms with Crippen molar-refractivity contribution in [3.8, 4) is 5.69 Å². The number of benzene rings is 2. The lowest BCUT2D eigenvalue weighted by Gasteiger charge is -2.34. The molecule has 1 fully saturated rings. The van der Waals surface area contributed by atoms with Gasteiger partial charge in [-0.15, -0.1) is 0 Å². The van der Waals surface area contributed by atoms with Crippen LogP contribution in [0.25, 0.3) is 16.6 Å². The van der Waals surface area contributed by atoms with E-state index >= 15 is 0 Å². The summed E-state index contributed by atoms with van der Waals surface area (Å²) in [5.41, 5.74) is 11.2. The smallest absolute Gasteiger partial charge is 0.269 e. The molecule has 0 spiro atoms. The highest BCUT2D eigenvalue weighted by atomic mass is 16.1. The zero-order valence-electron chi connectivity index (χ0n) is 18.5. The molecule has 5 rings (SSSR count). The number of anilines is 1. The molecule has 7 heteroatoms. The van der Waals surface area contributed by atoms with E-state index in [0.29, 0.717) is 0 Å². The lowest BCUT2D eigenvalue weighted by atomic mass is 10.1. The van der Waals surface area contributed by atoms with Gasteiger partial charge in [0.2, 0.25) is 0 Å². The first-order chi connectivity index (χ1) is 15.5. The molecule has 0 atom stereocenters. The van der Waals surface area contributed by atoms with Crippen LogP contribution in [0.3, 0.4) is 0 Å². The van der Waals surface area contributed by atoms with Crippen LogP contribution in [0.2, 0.25) is 0 Å². The molecular formula is C25H28N6O. The molecule has 1 saturated heterocycles. The summed E-state index contributed by atoms with van der Waals surface area (Å²) in [5, 5.41) is 5.47. The molecule has 3 heterocycles. The summed E-state index contributed by atoms with van der Waals surface area (Å²) in [5.74, 6) is -0.516. The minimum absolute atomic E-state index is 0.278. The number of rotatable bonds is 5. The van der Waals surface area contributed by atoms with Crippen molar-refractivity contribution < 1.29 is 4.79 Å². The third kappa shape index (κ3) is 3.87. The Labute approximate surface area is 187 Å². The number of nitrogens with two attached hydrogens (primary N) is 1. The van der Waals surface area contributed by atoms with Crippen LogP contribution < -0.4 is 10.6 Å². The van der Waals surface area contributed by atoms with Crippen molar-refractivity contribution in [2.75, 3.05) is 38.1 Å². The van der Waals surface area contributed by atoms with Gasteiger partial charge in [-0.25, -0.2) is 4.68 Å². The topological polar surface area (TPSA) is 72.3 Å². The molecular weight excluding hydrogens is 400 g/mol. The number of amides is 1. The number of carbonyl (C=O) groups excluding carboxylic acids is 1. The van der Waals surface area contributed by atoms with E-state index in [4.69, 9.17) is 5.73 Å². The number of hydrogen-bond acceptors (Lipinski definition) is 4. The molecule has 0 radical (unpaired) electrons. The fraction of sp³-hybridized carbons (Fsp3) is 0.280. The molecule has 0 aliphatic carbocycles. The number of fused-ring (bicyclic) bond motifs is 1. The van der Waals surface area contributed by atoms with E-state index in [1.165, 1.54) is 11.3 Å². The molecule has 2 N–H and O–H groups in total. The van der Waals surface area contributed by atoms with E-state index in [9.17, 15) is 4.79 Å². The van der Waals surface area contributed by atoms with Crippen molar-refractivity contribution >= 4 is 22.5 Å². The molecule has 7 nitrogen and oxygen atoms in total. The van der Waals surface area contributed by atoms with Crippen LogP contribution in [0, 0.1) is 6.92 Å². The number of hydrogen-bond donors (Lipinski definition) is 1. The summed E-state index contributed by atoms with van der Waals surface area (Å²) in [7, 11) is 2.18. The van der Waals surface area contributed by atoms with Gasteiger partial charge in [-0.3, -0.25) is 4.79 Å². The van der Waals surface area contributed by atoms with Crippen molar-refractivity contribution in [2.45, 2.75) is 13.5 Å². The Morgan fingerprint density at radius 3 is 2.38 bits per heavy atom. The van der Waals surface area contributed by atoms with Gasteiger partial charge in [0, 0.05) is 61.2 Å². The van der Waals surface area contributed by atoms with Crippen molar-refractivity contribution in [2.24, 2.45) is 5.73 Å². The molecule has 164 valence electrons. The van der Waals surface area contributed by atoms with Gasteiger partial charge in [-0.05, 0) is 62.0 Å². The first kappa shape index (κ1) is 20.3. The highest BCUT2D eigenvalue weighted by molar-refractivity contribution is 5.91. The summed E-state index contributed by atoms with van der Waals surface area (Å²) < 4.78 is 4.02. The normalized spacial score (nSPS) is 14.9. The Bertz CT molecular complexity index is 1260. The standard InChI is InChI=1S/C25H28N6O/c1-18-15-23(25(26)32)27-31(18)22-7-8-24-20(16-22)9-10-30(24)17-19-3-5-21(6-4-19)29-13-11-28(2)12-14-29/h3-10,15-16H,11-14,17H2,1-2H3,(H2,26,32). The largest absolute Gasteiger partial charge is 0.369 e. The van der Waals surface area contributed by atoms with E-state index in [0.717, 1.165) is 55.0 Å². The second-order valence-corrected chi connectivity index (χ2v) is 8.59. The number of aromatic nitrogens is 3. The van der Waals surface area contributed by atoms with Crippen LogP contribution in [0.1, 0.15) is 21.7 Å². The number of primary amides is 1. The van der Waals surface area contributed by atoms with Gasteiger partial charge in [0.1, 0.15) is 0 Å². The van der Waals surface area contributed by atoms with Crippen LogP contribution >= 0.6 is 0 Å². The molecule has 1 amide bonds. The van der Waals surface area contributed by atoms with Gasteiger partial charge in [0.15, 0.2) is 5.69 Å². The first-order valence-electron chi connectivity index (χ1n) is 11.0. The quantitative estimate of drug-likeness (QED) is 0.530. The molecule has 2 aromatic carbocycles. The monoisotopic (exact) mass is 428 g/mol. The minimum Gasteiger partial charge on any atom is -0.369 e. The Kier molecular flexibility index (Phi) is 5.19. The third-order valence-electron chi connectivity index (χ3n) is 6.30. The second-order valence-electron chi connectivity index (χ2n) is 8.59. The average Bonchev–Trinajstić information content (AvgIpc) is 3.38. The molecule has 32 heavy (non-hydrogen) atoms. The van der Waals surface area contributed by atoms with Gasteiger partial charge in [0.25, 0.3) is 5.91 Å². The van der Waals surface area contributed by atoms with Crippen molar-refractivity contribution in [1.82, 2.24) is 19.2 Å². The fourth-order valence-corrected chi connectivity index (χ4v) is 4.39. The number of nitrogens with zero attached hydrogens (tertiary/aromatic N) is 5. The maximum absolute atomic E-state index is 11.4. The Morgan fingerprint density at radius 1 is 0.969 bits per heavy atom. The van der Waals surface area contributed by atoms with E-state index in [-0.39, 0.29) is 5.69 Å². The summed E-state index contributed by atoms with van der Waals surface area (Å²) in [6.07, 6.45) is 2.12. The Hall–Kier alpha value is -3.58. The Balaban J connectivity index is 1.35. The second kappa shape index (κ2) is 8.16. The molecule has 0 unspecified atom stereocenters. The van der Waals surface area contributed by atoms with E-state index in [1.807, 2.05) is 13.0 Å². The van der Waals surface area contributed by atoms with E-state index in [2.05, 4.69) is 75.2 Å². The number of likely N-dealkylation sites (N-methyl/N-ethyl adjacent to an activating group) is 1. The van der Waals surface area contributed by atoms with Gasteiger partial charge < -0.3 is 20.1 Å². The average molecular weight is 429 g/mol. The Morgan fingerprint density at radius 2 is 1.69 bits per heavy atom. The van der Waals surface area contributed by atoms with Gasteiger partial charge in [-0.2, -0.15) is 5.10 Å². The highest BCUT2D eigenvalue weighted by Crippen LogP contribution is 2.23. The lowest BCUT2D eigenvalue weighted by Crippen LogP contribution is -2.44. The molecule has 1 aliphatic rings. The predicted octanol–water partition coefficient (Wildman–Crippen LogP) is 3.03. The molecule has 1 aliphatic heterocycles. The summed E-state index contributed by atoms with van der Waals surface area (Å²) >= 11 is 0. The molecule has 0 bridgehead atoms. The summed E-state index contributed by atoms with van der Waals surface area (Å²) in [6, 6.07) is 19.0. The summed E-state index contributed by atoms with van der Waals surface area (Å²) in [4.78, 5) is 16.3. The number of piperazine rings is 1. The van der Waals surface area contributed by atoms with Gasteiger partial charge in [-0.1, -0.05) is 12.1 Å². The van der Waals surface area contributed by atoms with Crippen LogP contribution in [-0.4, -0.2) is 58.4 Å². The molecule has 2 aromatic heterocycles. The zero-order valence-corrected chi connectivity index (χ0v) is 18.5. The predicted molar refractivity (Wildman–Crippen MR) is 128 cm³/mol. The van der Waals surface area contributed by atoms with Crippen molar-refractivity contribution in [3.05, 3.63) is 77.7 Å². The van der Waals surface area contributed by atoms with Crippen LogP contribution in [0.15, 0.2) is 60.8 Å². The van der Waals surface area contributed by atoms with Crippen molar-refractivity contribution in [1.29, 1.82) is 0 Å². The van der Waals surface area contributed by atoms with Crippen LogP contribution in [-0.2, 0) is 6.54 Å². The van der Waals surface area contributed by atoms with Crippen molar-refractivity contribution in [3.63, 3.8) is 0 Å². The van der Waals surface area contributed by atoms with E-state index in [1.54, 1.807) is 10.7 Å². The maximum atomic E-state index is 11.4. The SMILES string of the molecule is Cc1cc(C(N)=O)nn1-c1ccc2c(ccn2Cc2ccc(N3CCN(C)CC3)cc2)c1. The van der Waals surface area contributed by atoms with Crippen LogP contribution in [0.4, 0.5) is 5.69 Å². The summed E-state index contributed by atoms with van der Waals surface area (Å²) in [6.45, 7) is 7.12. The van der Waals surface area contributed by atoms with Gasteiger partial charge >= 0.3 is 0 Å². The van der Waals surface area contributed by atoms with E-state index < -0.39 is 5.91 Å². The molecule has 0 saturated carbocycles. The zero-order chi connectivity index (χ0) is 22.2. The van der Waals surface area contributed by atoms with Crippen LogP contribution in [0.5, 0.6) is 0 Å². The first-order valence-corrected chi connectivity index (χ1v) is 11.0. The van der Waals surface area contributed by atoms with Gasteiger partial charge in [0.05, 0.1) is 5.69 Å². The number of aryl methyl sites for hydroxylation is 1. The number of carbonyl (C=O) groups is 1. The minimum atomic E-state index is -0.516. The highest BCUT2D eigenvalue weighted by Gasteiger charge is 2.14. The third-order valence-corrected chi connectivity index (χ3v) is 6.30. The lowest BCUT2D eigenvalue weighted by molar-refractivity contribution is 0.0995. The molecule has 4 aromatic rings. The fourth-order valence-electron chi connectivity index (χ4n) is 4.39.